The fourth-order valence-corrected chi connectivity index (χ4v) is 2.43. The Bertz CT molecular complexity index is 301. The molecule has 8 heteroatoms. The fraction of sp³-hybridized carbons (Fsp3) is 1.00. The lowest BCUT2D eigenvalue weighted by molar-refractivity contribution is -0.361. The molecular weight excluding hydrogens is 332 g/mol. The van der Waals surface area contributed by atoms with E-state index in [0.717, 1.165) is 12.8 Å². The molecular formula is C16H42N2O5S. The molecule has 0 aliphatic rings. The van der Waals surface area contributed by atoms with Crippen molar-refractivity contribution in [3.05, 3.63) is 0 Å². The second-order valence-electron chi connectivity index (χ2n) is 5.41. The Kier molecular flexibility index (Phi) is 32.8. The first-order chi connectivity index (χ1) is 10.5. The summed E-state index contributed by atoms with van der Waals surface area (Å²) in [6.07, 6.45) is 14.5. The van der Waals surface area contributed by atoms with E-state index in [1.54, 1.807) is 6.92 Å². The maximum atomic E-state index is 10.2. The molecule has 0 radical (unpaired) electrons. The zero-order chi connectivity index (χ0) is 17.1. The summed E-state index contributed by atoms with van der Waals surface area (Å²) in [4.78, 5) is 0. The average molecular weight is 375 g/mol. The van der Waals surface area contributed by atoms with Gasteiger partial charge in [-0.25, -0.2) is 8.42 Å². The summed E-state index contributed by atoms with van der Waals surface area (Å²) >= 11 is 0. The van der Waals surface area contributed by atoms with Crippen molar-refractivity contribution in [1.82, 2.24) is 12.3 Å². The van der Waals surface area contributed by atoms with Crippen molar-refractivity contribution >= 4 is 10.4 Å². The molecule has 0 heterocycles. The van der Waals surface area contributed by atoms with Gasteiger partial charge in [-0.15, -0.1) is 6.61 Å². The Morgan fingerprint density at radius 1 is 0.708 bits per heavy atom. The smallest absolute Gasteiger partial charge is 0.217 e. The second kappa shape index (κ2) is 25.0. The molecule has 0 spiro atoms. The van der Waals surface area contributed by atoms with Gasteiger partial charge in [-0.05, 0) is 6.42 Å². The van der Waals surface area contributed by atoms with Crippen LogP contribution in [-0.4, -0.2) is 26.2 Å². The quantitative estimate of drug-likeness (QED) is 0.263. The van der Waals surface area contributed by atoms with Gasteiger partial charge >= 0.3 is 0 Å². The maximum Gasteiger partial charge on any atom is 0.217 e. The van der Waals surface area contributed by atoms with Crippen LogP contribution < -0.4 is 17.4 Å². The van der Waals surface area contributed by atoms with Gasteiger partial charge in [-0.3, -0.25) is 4.18 Å². The predicted octanol–water partition coefficient (Wildman–Crippen LogP) is 4.28. The Morgan fingerprint density at radius 2 is 1.00 bits per heavy atom. The van der Waals surface area contributed by atoms with Crippen molar-refractivity contribution in [2.75, 3.05) is 13.2 Å². The van der Waals surface area contributed by atoms with Crippen LogP contribution in [0.5, 0.6) is 0 Å². The minimum Gasteiger partial charge on any atom is -0.855 e. The van der Waals surface area contributed by atoms with Crippen molar-refractivity contribution in [2.24, 2.45) is 0 Å². The van der Waals surface area contributed by atoms with Gasteiger partial charge in [0, 0.05) is 0 Å². The molecule has 8 N–H and O–H groups in total. The zero-order valence-corrected chi connectivity index (χ0v) is 17.2. The topological polar surface area (TPSA) is 162 Å². The third kappa shape index (κ3) is 37.8. The van der Waals surface area contributed by atoms with E-state index in [9.17, 15) is 13.0 Å². The molecule has 0 aromatic carbocycles. The molecule has 0 unspecified atom stereocenters. The molecule has 152 valence electrons. The minimum absolute atomic E-state index is 0. The van der Waals surface area contributed by atoms with Crippen LogP contribution in [0.1, 0.15) is 90.9 Å². The van der Waals surface area contributed by atoms with E-state index in [4.69, 9.17) is 5.11 Å². The largest absolute Gasteiger partial charge is 0.855 e. The average Bonchev–Trinajstić information content (AvgIpc) is 2.43. The number of hydrogen-bond acceptors (Lipinski definition) is 5. The van der Waals surface area contributed by atoms with E-state index >= 15 is 0 Å². The molecule has 7 nitrogen and oxygen atoms in total. The molecule has 0 amide bonds. The van der Waals surface area contributed by atoms with Crippen LogP contribution in [0.4, 0.5) is 0 Å². The van der Waals surface area contributed by atoms with Crippen molar-refractivity contribution in [3.8, 4) is 0 Å². The SMILES string of the molecule is CCCCCCCCCCCCCCOS(=O)(=O)[O-].CC[O-].[NH4+].[NH4+]. The highest BCUT2D eigenvalue weighted by atomic mass is 32.3. The number of unbranched alkanes of at least 4 members (excludes halogenated alkanes) is 11. The monoisotopic (exact) mass is 374 g/mol. The third-order valence-electron chi connectivity index (χ3n) is 3.23. The Labute approximate surface area is 149 Å². The molecule has 0 atom stereocenters. The lowest BCUT2D eigenvalue weighted by atomic mass is 10.1. The fourth-order valence-electron chi connectivity index (χ4n) is 2.10. The van der Waals surface area contributed by atoms with E-state index in [2.05, 4.69) is 11.1 Å². The third-order valence-corrected chi connectivity index (χ3v) is 3.68. The highest BCUT2D eigenvalue weighted by Gasteiger charge is 1.96. The van der Waals surface area contributed by atoms with Crippen molar-refractivity contribution in [1.29, 1.82) is 0 Å². The number of quaternary nitrogens is 2. The molecule has 0 saturated carbocycles. The summed E-state index contributed by atoms with van der Waals surface area (Å²) in [5.41, 5.74) is 0. The summed E-state index contributed by atoms with van der Waals surface area (Å²) < 4.78 is 34.6. The summed E-state index contributed by atoms with van der Waals surface area (Å²) in [6, 6.07) is 0. The molecule has 0 rings (SSSR count). The van der Waals surface area contributed by atoms with Crippen LogP contribution in [0, 0.1) is 0 Å². The standard InChI is InChI=1S/C14H30O4S.C2H5O.2H3N/c1-2-3-4-5-6-7-8-9-10-11-12-13-14-18-19(15,16)17;1-2-3;;/h2-14H2,1H3,(H,15,16,17);2H2,1H3;2*1H3/q;-1;;/p+1. The first-order valence-electron chi connectivity index (χ1n) is 8.66. The van der Waals surface area contributed by atoms with Crippen LogP contribution in [0.25, 0.3) is 0 Å². The normalized spacial score (nSPS) is 10.2. The van der Waals surface area contributed by atoms with Gasteiger partial charge in [-0.1, -0.05) is 84.5 Å². The molecule has 0 aliphatic heterocycles. The van der Waals surface area contributed by atoms with Gasteiger partial charge in [0.05, 0.1) is 6.61 Å². The highest BCUT2D eigenvalue weighted by molar-refractivity contribution is 7.80. The second-order valence-corrected chi connectivity index (χ2v) is 6.46. The number of hydrogen-bond donors (Lipinski definition) is 2. The molecule has 24 heavy (non-hydrogen) atoms. The van der Waals surface area contributed by atoms with Crippen LogP contribution >= 0.6 is 0 Å². The van der Waals surface area contributed by atoms with Crippen LogP contribution in [0.3, 0.4) is 0 Å². The molecule has 0 bridgehead atoms. The van der Waals surface area contributed by atoms with Crippen LogP contribution in [0.2, 0.25) is 0 Å². The van der Waals surface area contributed by atoms with E-state index < -0.39 is 10.4 Å². The Hall–Kier alpha value is -0.250. The Balaban J connectivity index is -0.000000370. The molecule has 0 saturated heterocycles. The van der Waals surface area contributed by atoms with Gasteiger partial charge in [-0.2, -0.15) is 0 Å². The summed E-state index contributed by atoms with van der Waals surface area (Å²) in [5, 5.41) is 8.93. The highest BCUT2D eigenvalue weighted by Crippen LogP contribution is 2.11. The summed E-state index contributed by atoms with van der Waals surface area (Å²) in [7, 11) is -4.49. The van der Waals surface area contributed by atoms with Crippen molar-refractivity contribution in [2.45, 2.75) is 90.9 Å². The maximum absolute atomic E-state index is 10.2. The van der Waals surface area contributed by atoms with E-state index in [1.807, 2.05) is 0 Å². The first kappa shape index (κ1) is 31.5. The van der Waals surface area contributed by atoms with Crippen LogP contribution in [0.15, 0.2) is 0 Å². The zero-order valence-electron chi connectivity index (χ0n) is 16.3. The van der Waals surface area contributed by atoms with E-state index in [-0.39, 0.29) is 25.5 Å². The van der Waals surface area contributed by atoms with E-state index in [0.29, 0.717) is 6.42 Å². The lowest BCUT2D eigenvalue weighted by Crippen LogP contribution is -2.05. The minimum atomic E-state index is -4.49. The van der Waals surface area contributed by atoms with Crippen LogP contribution in [-0.2, 0) is 14.6 Å². The van der Waals surface area contributed by atoms with Gasteiger partial charge < -0.3 is 22.0 Å². The predicted molar refractivity (Wildman–Crippen MR) is 99.2 cm³/mol. The molecule has 0 fully saturated rings. The van der Waals surface area contributed by atoms with Crippen molar-refractivity contribution < 1.29 is 22.3 Å². The van der Waals surface area contributed by atoms with Gasteiger partial charge in [0.1, 0.15) is 0 Å². The van der Waals surface area contributed by atoms with E-state index in [1.165, 1.54) is 57.8 Å². The number of rotatable bonds is 14. The molecule has 0 aliphatic carbocycles. The van der Waals surface area contributed by atoms with Gasteiger partial charge in [0.25, 0.3) is 0 Å². The van der Waals surface area contributed by atoms with Gasteiger partial charge in [0.2, 0.25) is 10.4 Å². The summed E-state index contributed by atoms with van der Waals surface area (Å²) in [6.45, 7) is 3.83. The first-order valence-corrected chi connectivity index (χ1v) is 9.99. The summed E-state index contributed by atoms with van der Waals surface area (Å²) in [5.74, 6) is 0. The molecule has 0 aromatic rings. The lowest BCUT2D eigenvalue weighted by Gasteiger charge is -2.07. The van der Waals surface area contributed by atoms with Crippen molar-refractivity contribution in [3.63, 3.8) is 0 Å². The molecule has 0 aromatic heterocycles. The van der Waals surface area contributed by atoms with Gasteiger partial charge in [0.15, 0.2) is 0 Å². The Morgan fingerprint density at radius 3 is 1.29 bits per heavy atom.